The molecule has 3 rings (SSSR count). The van der Waals surface area contributed by atoms with Gasteiger partial charge in [-0.05, 0) is 31.2 Å². The molecule has 3 nitrogen and oxygen atoms in total. The van der Waals surface area contributed by atoms with Crippen molar-refractivity contribution in [1.82, 2.24) is 0 Å². The molecule has 1 aromatic heterocycles. The van der Waals surface area contributed by atoms with E-state index in [1.807, 2.05) is 0 Å². The highest BCUT2D eigenvalue weighted by Crippen LogP contribution is 2.47. The highest BCUT2D eigenvalue weighted by atomic mass is 32.2. The quantitative estimate of drug-likeness (QED) is 0.721. The summed E-state index contributed by atoms with van der Waals surface area (Å²) >= 11 is 1.07. The van der Waals surface area contributed by atoms with Crippen molar-refractivity contribution in [2.24, 2.45) is 11.1 Å². The Morgan fingerprint density at radius 3 is 3.00 bits per heavy atom. The van der Waals surface area contributed by atoms with Gasteiger partial charge in [0.1, 0.15) is 5.76 Å². The summed E-state index contributed by atoms with van der Waals surface area (Å²) in [5, 5.41) is 6.08. The summed E-state index contributed by atoms with van der Waals surface area (Å²) in [6.45, 7) is 0. The lowest BCUT2D eigenvalue weighted by Crippen LogP contribution is -2.17. The summed E-state index contributed by atoms with van der Waals surface area (Å²) in [6, 6.07) is 1.80. The van der Waals surface area contributed by atoms with Gasteiger partial charge in [0, 0.05) is 17.9 Å². The van der Waals surface area contributed by atoms with Gasteiger partial charge in [-0.15, -0.1) is 0 Å². The fourth-order valence-electron chi connectivity index (χ4n) is 2.61. The lowest BCUT2D eigenvalue weighted by atomic mass is 9.87. The van der Waals surface area contributed by atoms with E-state index in [9.17, 15) is 4.79 Å². The van der Waals surface area contributed by atoms with Gasteiger partial charge in [-0.25, -0.2) is 0 Å². The van der Waals surface area contributed by atoms with Crippen molar-refractivity contribution in [2.45, 2.75) is 30.3 Å². The molecule has 74 valence electrons. The largest absolute Gasteiger partial charge is 0.452 e. The number of fused-ring (bicyclic) bond motifs is 4. The minimum absolute atomic E-state index is 0.251. The van der Waals surface area contributed by atoms with Crippen molar-refractivity contribution >= 4 is 17.7 Å². The average molecular weight is 209 g/mol. The van der Waals surface area contributed by atoms with Crippen LogP contribution in [0.2, 0.25) is 0 Å². The molecule has 1 fully saturated rings. The Morgan fingerprint density at radius 2 is 2.21 bits per heavy atom. The molecule has 0 amide bonds. The van der Waals surface area contributed by atoms with Gasteiger partial charge in [0.2, 0.25) is 0 Å². The maximum atomic E-state index is 11.9. The molecule has 0 aliphatic heterocycles. The Bertz CT molecular complexity index is 399. The molecule has 2 unspecified atom stereocenters. The van der Waals surface area contributed by atoms with E-state index < -0.39 is 0 Å². The van der Waals surface area contributed by atoms with Crippen molar-refractivity contribution in [3.05, 3.63) is 17.4 Å². The lowest BCUT2D eigenvalue weighted by Gasteiger charge is -2.15. The van der Waals surface area contributed by atoms with Crippen LogP contribution >= 0.6 is 11.9 Å². The molecule has 0 spiro atoms. The average Bonchev–Trinajstić information content (AvgIpc) is 2.80. The number of carbonyl (C=O) groups is 1. The van der Waals surface area contributed by atoms with Gasteiger partial charge < -0.3 is 4.42 Å². The third-order valence-corrected chi connectivity index (χ3v) is 3.73. The van der Waals surface area contributed by atoms with Gasteiger partial charge >= 0.3 is 0 Å². The van der Waals surface area contributed by atoms with E-state index in [2.05, 4.69) is 0 Å². The van der Waals surface area contributed by atoms with Crippen molar-refractivity contribution in [1.29, 1.82) is 0 Å². The SMILES string of the molecule is NSc1cc2c(o1)C1CCC(C1)C2=O. The van der Waals surface area contributed by atoms with Gasteiger partial charge in [-0.3, -0.25) is 9.93 Å². The molecular formula is C10H11NO2S. The van der Waals surface area contributed by atoms with Crippen LogP contribution in [0, 0.1) is 5.92 Å². The molecule has 0 saturated heterocycles. The Kier molecular flexibility index (Phi) is 1.76. The number of ketones is 1. The Balaban J connectivity index is 2.13. The molecule has 1 saturated carbocycles. The van der Waals surface area contributed by atoms with Crippen LogP contribution in [0.15, 0.2) is 15.6 Å². The van der Waals surface area contributed by atoms with E-state index in [-0.39, 0.29) is 11.7 Å². The van der Waals surface area contributed by atoms with Crippen LogP contribution in [0.5, 0.6) is 0 Å². The van der Waals surface area contributed by atoms with Crippen molar-refractivity contribution < 1.29 is 9.21 Å². The highest BCUT2D eigenvalue weighted by Gasteiger charge is 2.41. The zero-order valence-electron chi connectivity index (χ0n) is 7.66. The number of carbonyl (C=O) groups excluding carboxylic acids is 1. The maximum absolute atomic E-state index is 11.9. The van der Waals surface area contributed by atoms with Crippen molar-refractivity contribution in [3.8, 4) is 0 Å². The second-order valence-corrected chi connectivity index (χ2v) is 4.67. The highest BCUT2D eigenvalue weighted by molar-refractivity contribution is 7.96. The lowest BCUT2D eigenvalue weighted by molar-refractivity contribution is 0.0910. The van der Waals surface area contributed by atoms with Gasteiger partial charge in [0.15, 0.2) is 10.9 Å². The number of furan rings is 1. The van der Waals surface area contributed by atoms with Gasteiger partial charge in [0.25, 0.3) is 0 Å². The van der Waals surface area contributed by atoms with E-state index in [0.717, 1.165) is 42.5 Å². The molecule has 1 heterocycles. The van der Waals surface area contributed by atoms with Crippen LogP contribution in [0.25, 0.3) is 0 Å². The standard InChI is InChI=1S/C10H11NO2S/c11-14-8-4-7-9(12)5-1-2-6(3-5)10(7)13-8/h4-6H,1-3,11H2. The molecule has 2 atom stereocenters. The summed E-state index contributed by atoms with van der Waals surface area (Å²) in [5.41, 5.74) is 0.789. The third-order valence-electron chi connectivity index (χ3n) is 3.29. The van der Waals surface area contributed by atoms with E-state index in [0.29, 0.717) is 11.0 Å². The smallest absolute Gasteiger partial charge is 0.175 e. The molecule has 2 N–H and O–H groups in total. The summed E-state index contributed by atoms with van der Waals surface area (Å²) in [5.74, 6) is 1.86. The Hall–Kier alpha value is -0.740. The normalized spacial score (nSPS) is 29.4. The summed E-state index contributed by atoms with van der Waals surface area (Å²) in [6.07, 6.45) is 3.10. The van der Waals surface area contributed by atoms with Crippen LogP contribution in [0.3, 0.4) is 0 Å². The molecule has 2 aliphatic carbocycles. The zero-order valence-corrected chi connectivity index (χ0v) is 8.47. The first-order valence-electron chi connectivity index (χ1n) is 4.84. The number of rotatable bonds is 1. The minimum Gasteiger partial charge on any atom is -0.452 e. The van der Waals surface area contributed by atoms with Crippen LogP contribution < -0.4 is 5.14 Å². The van der Waals surface area contributed by atoms with E-state index in [4.69, 9.17) is 9.56 Å². The van der Waals surface area contributed by atoms with Gasteiger partial charge in [-0.2, -0.15) is 0 Å². The van der Waals surface area contributed by atoms with E-state index >= 15 is 0 Å². The minimum atomic E-state index is 0.251. The number of hydrogen-bond donors (Lipinski definition) is 1. The molecule has 0 radical (unpaired) electrons. The first kappa shape index (κ1) is 8.56. The zero-order chi connectivity index (χ0) is 9.71. The topological polar surface area (TPSA) is 56.2 Å². The summed E-state index contributed by atoms with van der Waals surface area (Å²) in [4.78, 5) is 11.9. The molecule has 2 aliphatic rings. The Labute approximate surface area is 86.2 Å². The number of nitrogens with two attached hydrogens (primary N) is 1. The summed E-state index contributed by atoms with van der Waals surface area (Å²) < 4.78 is 5.57. The van der Waals surface area contributed by atoms with Crippen molar-refractivity contribution in [2.75, 3.05) is 0 Å². The molecule has 1 aromatic rings. The van der Waals surface area contributed by atoms with Crippen LogP contribution in [0.1, 0.15) is 41.3 Å². The number of Topliss-reactive ketones (excluding diaryl/α,β-unsaturated/α-hetero) is 1. The second-order valence-electron chi connectivity index (χ2n) is 4.03. The molecule has 14 heavy (non-hydrogen) atoms. The second kappa shape index (κ2) is 2.87. The van der Waals surface area contributed by atoms with Crippen molar-refractivity contribution in [3.63, 3.8) is 0 Å². The molecule has 4 heteroatoms. The fourth-order valence-corrected chi connectivity index (χ4v) is 2.94. The van der Waals surface area contributed by atoms with E-state index in [1.54, 1.807) is 6.07 Å². The Morgan fingerprint density at radius 1 is 1.43 bits per heavy atom. The van der Waals surface area contributed by atoms with Crippen LogP contribution in [-0.2, 0) is 0 Å². The first-order chi connectivity index (χ1) is 6.79. The predicted molar refractivity (Wildman–Crippen MR) is 53.2 cm³/mol. The summed E-state index contributed by atoms with van der Waals surface area (Å²) in [7, 11) is 0. The third kappa shape index (κ3) is 1.01. The number of hydrogen-bond acceptors (Lipinski definition) is 4. The maximum Gasteiger partial charge on any atom is 0.175 e. The fraction of sp³-hybridized carbons (Fsp3) is 0.500. The monoisotopic (exact) mass is 209 g/mol. The van der Waals surface area contributed by atoms with Crippen LogP contribution in [0.4, 0.5) is 0 Å². The van der Waals surface area contributed by atoms with Gasteiger partial charge in [-0.1, -0.05) is 0 Å². The van der Waals surface area contributed by atoms with E-state index in [1.165, 1.54) is 0 Å². The first-order valence-corrected chi connectivity index (χ1v) is 5.72. The molecule has 2 bridgehead atoms. The van der Waals surface area contributed by atoms with Gasteiger partial charge in [0.05, 0.1) is 5.56 Å². The molecular weight excluding hydrogens is 198 g/mol. The van der Waals surface area contributed by atoms with Crippen LogP contribution in [-0.4, -0.2) is 5.78 Å². The predicted octanol–water partition coefficient (Wildman–Crippen LogP) is 2.33. The molecule has 0 aromatic carbocycles.